The van der Waals surface area contributed by atoms with Gasteiger partial charge in [0, 0.05) is 29.6 Å². The molecule has 0 saturated carbocycles. The molecule has 15 heteroatoms. The van der Waals surface area contributed by atoms with Gasteiger partial charge in [-0.1, -0.05) is 68.4 Å². The third kappa shape index (κ3) is 15.2. The van der Waals surface area contributed by atoms with Gasteiger partial charge in [-0.3, -0.25) is 9.59 Å². The van der Waals surface area contributed by atoms with Gasteiger partial charge in [0.25, 0.3) is 5.91 Å². The summed E-state index contributed by atoms with van der Waals surface area (Å²) in [4.78, 5) is 24.4. The van der Waals surface area contributed by atoms with Crippen molar-refractivity contribution in [3.8, 4) is 0 Å². The predicted molar refractivity (Wildman–Crippen MR) is 214 cm³/mol. The molecule has 1 aliphatic rings. The van der Waals surface area contributed by atoms with E-state index in [0.717, 1.165) is 0 Å². The van der Waals surface area contributed by atoms with Gasteiger partial charge in [0.05, 0.1) is 73.2 Å². The fourth-order valence-corrected chi connectivity index (χ4v) is 7.99. The second-order valence-electron chi connectivity index (χ2n) is 17.9. The standard InChI is InChI=1S/C42H77NO14/c1-18(2)34(49)40(55)26(10)37(52)23(7)31(47)17-29(45)15-28(44)16-30(46)22(6)36(51)24(8)38(53)25(9)39(54)32(48)14-20(4)12-19(3)13-21(5)35(50)33-41(56)27(11)43-42(33)57/h13,18-20,22-32,34,36-40,44-55H,12,14-17H2,1-11H3,(H,43,57)/b21-13+,35-33+. The van der Waals surface area contributed by atoms with Crippen molar-refractivity contribution in [1.29, 1.82) is 0 Å². The lowest BCUT2D eigenvalue weighted by Crippen LogP contribution is -2.47. The van der Waals surface area contributed by atoms with Gasteiger partial charge < -0.3 is 66.6 Å². The molecule has 0 spiro atoms. The van der Waals surface area contributed by atoms with Crippen molar-refractivity contribution in [2.75, 3.05) is 0 Å². The Morgan fingerprint density at radius 1 is 0.561 bits per heavy atom. The lowest BCUT2D eigenvalue weighted by molar-refractivity contribution is -0.117. The topological polar surface area (TPSA) is 289 Å². The molecule has 0 aromatic carbocycles. The highest BCUT2D eigenvalue weighted by molar-refractivity contribution is 6.27. The van der Waals surface area contributed by atoms with E-state index in [1.807, 2.05) is 13.8 Å². The van der Waals surface area contributed by atoms with Crippen LogP contribution in [0.1, 0.15) is 108 Å². The van der Waals surface area contributed by atoms with E-state index in [4.69, 9.17) is 0 Å². The number of rotatable bonds is 25. The van der Waals surface area contributed by atoms with E-state index in [9.17, 15) is 70.9 Å². The fraction of sp³-hybridized carbons (Fsp3) is 0.857. The van der Waals surface area contributed by atoms with E-state index >= 15 is 0 Å². The van der Waals surface area contributed by atoms with Crippen LogP contribution in [0.25, 0.3) is 0 Å². The Labute approximate surface area is 339 Å². The smallest absolute Gasteiger partial charge is 0.259 e. The van der Waals surface area contributed by atoms with Gasteiger partial charge in [0.1, 0.15) is 11.3 Å². The summed E-state index contributed by atoms with van der Waals surface area (Å²) in [5.74, 6) is -6.17. The van der Waals surface area contributed by atoms with Gasteiger partial charge in [-0.2, -0.15) is 0 Å². The number of amides is 1. The molecule has 1 amide bonds. The molecule has 57 heavy (non-hydrogen) atoms. The van der Waals surface area contributed by atoms with Crippen LogP contribution < -0.4 is 5.32 Å². The monoisotopic (exact) mass is 820 g/mol. The first-order valence-corrected chi connectivity index (χ1v) is 20.6. The molecule has 13 N–H and O–H groups in total. The summed E-state index contributed by atoms with van der Waals surface area (Å²) in [6, 6.07) is -0.712. The van der Waals surface area contributed by atoms with Gasteiger partial charge in [0.15, 0.2) is 5.78 Å². The molecule has 0 aromatic heterocycles. The minimum atomic E-state index is -1.37. The number of carbonyl (C=O) groups excluding carboxylic acids is 2. The van der Waals surface area contributed by atoms with Crippen LogP contribution in [0.15, 0.2) is 23.0 Å². The Morgan fingerprint density at radius 3 is 1.40 bits per heavy atom. The summed E-state index contributed by atoms with van der Waals surface area (Å²) in [6.45, 7) is 18.1. The Morgan fingerprint density at radius 2 is 0.982 bits per heavy atom. The second kappa shape index (κ2) is 23.7. The molecule has 0 radical (unpaired) electrons. The van der Waals surface area contributed by atoms with Crippen LogP contribution in [0.2, 0.25) is 0 Å². The van der Waals surface area contributed by atoms with Crippen LogP contribution >= 0.6 is 0 Å². The summed E-state index contributed by atoms with van der Waals surface area (Å²) in [6.07, 6.45) is -11.9. The van der Waals surface area contributed by atoms with Crippen LogP contribution in [-0.2, 0) is 9.59 Å². The Bertz CT molecular complexity index is 1310. The molecule has 1 fully saturated rings. The van der Waals surface area contributed by atoms with Crippen LogP contribution in [-0.4, -0.2) is 146 Å². The predicted octanol–water partition coefficient (Wildman–Crippen LogP) is 0.861. The molecule has 334 valence electrons. The largest absolute Gasteiger partial charge is 0.507 e. The molecule has 19 unspecified atom stereocenters. The maximum Gasteiger partial charge on any atom is 0.259 e. The summed E-state index contributed by atoms with van der Waals surface area (Å²) in [7, 11) is 0. The highest BCUT2D eigenvalue weighted by atomic mass is 16.3. The van der Waals surface area contributed by atoms with E-state index in [1.165, 1.54) is 20.8 Å². The molecule has 1 heterocycles. The van der Waals surface area contributed by atoms with Crippen molar-refractivity contribution in [1.82, 2.24) is 5.32 Å². The quantitative estimate of drug-likeness (QED) is 0.0346. The lowest BCUT2D eigenvalue weighted by Gasteiger charge is -2.36. The minimum Gasteiger partial charge on any atom is -0.507 e. The van der Waals surface area contributed by atoms with Gasteiger partial charge in [-0.25, -0.2) is 0 Å². The zero-order chi connectivity index (χ0) is 44.4. The number of ketones is 1. The number of Topliss-reactive ketones (excluding diaryl/α,β-unsaturated/α-hetero) is 1. The van der Waals surface area contributed by atoms with Crippen LogP contribution in [0, 0.1) is 47.3 Å². The third-order valence-corrected chi connectivity index (χ3v) is 12.3. The van der Waals surface area contributed by atoms with Crippen molar-refractivity contribution in [2.24, 2.45) is 47.3 Å². The summed E-state index contributed by atoms with van der Waals surface area (Å²) in [5.41, 5.74) is 0.0912. The van der Waals surface area contributed by atoms with E-state index in [1.54, 1.807) is 47.6 Å². The van der Waals surface area contributed by atoms with E-state index < -0.39 is 114 Å². The summed E-state index contributed by atoms with van der Waals surface area (Å²) < 4.78 is 0. The molecular weight excluding hydrogens is 742 g/mol. The van der Waals surface area contributed by atoms with Crippen LogP contribution in [0.3, 0.4) is 0 Å². The summed E-state index contributed by atoms with van der Waals surface area (Å²) >= 11 is 0. The fourth-order valence-electron chi connectivity index (χ4n) is 7.99. The second-order valence-corrected chi connectivity index (χ2v) is 17.9. The molecule has 0 aromatic rings. The molecule has 19 atom stereocenters. The lowest BCUT2D eigenvalue weighted by atomic mass is 9.78. The molecule has 0 bridgehead atoms. The van der Waals surface area contributed by atoms with E-state index in [0.29, 0.717) is 12.0 Å². The Balaban J connectivity index is 2.70. The minimum absolute atomic E-state index is 0.127. The highest BCUT2D eigenvalue weighted by Gasteiger charge is 2.40. The Hall–Kier alpha value is -2.02. The van der Waals surface area contributed by atoms with Gasteiger partial charge in [0.2, 0.25) is 0 Å². The average Bonchev–Trinajstić information content (AvgIpc) is 3.39. The first kappa shape index (κ1) is 53.0. The molecule has 15 nitrogen and oxygen atoms in total. The average molecular weight is 820 g/mol. The van der Waals surface area contributed by atoms with Crippen molar-refractivity contribution < 1.29 is 70.9 Å². The first-order chi connectivity index (χ1) is 26.1. The summed E-state index contributed by atoms with van der Waals surface area (Å²) in [5, 5.41) is 131. The molecule has 1 saturated heterocycles. The molecule has 1 aliphatic heterocycles. The SMILES string of the molecule is CC(=C\C(C)CC(C)CC(O)C(O)C(C)C(O)C(C)C(O)C(C)C(O)CC(O)CC(O)CC(O)C(C)C(O)C(C)C(O)C(O)C(C)C)/C(O)=C1\C(=O)NC(C)C1=O. The highest BCUT2D eigenvalue weighted by Crippen LogP contribution is 2.31. The zero-order valence-electron chi connectivity index (χ0n) is 35.8. The first-order valence-electron chi connectivity index (χ1n) is 20.6. The number of aliphatic hydroxyl groups is 12. The number of carbonyl (C=O) groups is 2. The molecule has 1 rings (SSSR count). The van der Waals surface area contributed by atoms with Crippen LogP contribution in [0.5, 0.6) is 0 Å². The number of hydrogen-bond acceptors (Lipinski definition) is 14. The number of nitrogens with one attached hydrogen (secondary N) is 1. The molecule has 0 aliphatic carbocycles. The Kier molecular flexibility index (Phi) is 22.0. The van der Waals surface area contributed by atoms with Crippen molar-refractivity contribution in [2.45, 2.75) is 181 Å². The van der Waals surface area contributed by atoms with Crippen LogP contribution in [0.4, 0.5) is 0 Å². The number of aliphatic hydroxyl groups excluding tert-OH is 12. The van der Waals surface area contributed by atoms with Crippen molar-refractivity contribution >= 4 is 11.7 Å². The zero-order valence-corrected chi connectivity index (χ0v) is 35.8. The number of hydrogen-bond donors (Lipinski definition) is 13. The van der Waals surface area contributed by atoms with E-state index in [2.05, 4.69) is 5.32 Å². The molecular formula is C42H77NO14. The van der Waals surface area contributed by atoms with Gasteiger partial charge in [-0.05, 0) is 69.3 Å². The maximum absolute atomic E-state index is 12.3. The van der Waals surface area contributed by atoms with Crippen molar-refractivity contribution in [3.63, 3.8) is 0 Å². The van der Waals surface area contributed by atoms with E-state index in [-0.39, 0.29) is 54.8 Å². The third-order valence-electron chi connectivity index (χ3n) is 12.3. The normalized spacial score (nSPS) is 26.1. The van der Waals surface area contributed by atoms with Gasteiger partial charge >= 0.3 is 0 Å². The van der Waals surface area contributed by atoms with Gasteiger partial charge in [-0.15, -0.1) is 0 Å². The van der Waals surface area contributed by atoms with Crippen molar-refractivity contribution in [3.05, 3.63) is 23.0 Å². The number of allylic oxidation sites excluding steroid dienone is 2. The maximum atomic E-state index is 12.3.